The van der Waals surface area contributed by atoms with E-state index in [1.165, 1.54) is 50.8 Å². The van der Waals surface area contributed by atoms with Gasteiger partial charge in [0.15, 0.2) is 0 Å². The van der Waals surface area contributed by atoms with E-state index < -0.39 is 15.9 Å². The number of nitrogens with zero attached hydrogens (tertiary/aromatic N) is 3. The number of anilines is 1. The average Bonchev–Trinajstić information content (AvgIpc) is 3.12. The Balaban J connectivity index is 1.45. The van der Waals surface area contributed by atoms with Crippen LogP contribution in [0.15, 0.2) is 46.3 Å². The Labute approximate surface area is 177 Å². The van der Waals surface area contributed by atoms with Crippen LogP contribution in [0.25, 0.3) is 10.2 Å². The lowest BCUT2D eigenvalue weighted by atomic mass is 10.3. The maximum absolute atomic E-state index is 12.6. The fourth-order valence-corrected chi connectivity index (χ4v) is 5.44. The lowest BCUT2D eigenvalue weighted by Crippen LogP contribution is -2.40. The second-order valence-corrected chi connectivity index (χ2v) is 10.0. The van der Waals surface area contributed by atoms with Crippen molar-refractivity contribution in [1.82, 2.24) is 13.9 Å². The molecule has 30 heavy (non-hydrogen) atoms. The molecular formula is C19H20N4O5S2. The van der Waals surface area contributed by atoms with Crippen LogP contribution in [0, 0.1) is 6.92 Å². The van der Waals surface area contributed by atoms with Gasteiger partial charge in [-0.15, -0.1) is 11.3 Å². The van der Waals surface area contributed by atoms with Gasteiger partial charge in [0.25, 0.3) is 5.56 Å². The van der Waals surface area contributed by atoms with Gasteiger partial charge in [-0.05, 0) is 37.3 Å². The van der Waals surface area contributed by atoms with Gasteiger partial charge >= 0.3 is 0 Å². The highest BCUT2D eigenvalue weighted by Gasteiger charge is 2.26. The highest BCUT2D eigenvalue weighted by molar-refractivity contribution is 7.89. The van der Waals surface area contributed by atoms with Gasteiger partial charge in [-0.3, -0.25) is 14.2 Å². The van der Waals surface area contributed by atoms with Gasteiger partial charge in [0.1, 0.15) is 11.4 Å². The Hall–Kier alpha value is -2.60. The lowest BCUT2D eigenvalue weighted by molar-refractivity contribution is -0.116. The molecule has 0 aliphatic carbocycles. The number of nitrogens with one attached hydrogen (secondary N) is 1. The zero-order chi connectivity index (χ0) is 21.3. The summed E-state index contributed by atoms with van der Waals surface area (Å²) in [5.74, 6) is -0.408. The number of thiophene rings is 1. The van der Waals surface area contributed by atoms with Crippen LogP contribution in [0.3, 0.4) is 0 Å². The third kappa shape index (κ3) is 4.15. The Bertz CT molecular complexity index is 1240. The number of fused-ring (bicyclic) bond motifs is 1. The van der Waals surface area contributed by atoms with E-state index in [0.29, 0.717) is 42.2 Å². The summed E-state index contributed by atoms with van der Waals surface area (Å²) in [6, 6.07) is 7.72. The third-order valence-electron chi connectivity index (χ3n) is 4.70. The quantitative estimate of drug-likeness (QED) is 0.632. The van der Waals surface area contributed by atoms with Crippen molar-refractivity contribution < 1.29 is 17.9 Å². The molecule has 0 saturated carbocycles. The molecule has 9 nitrogen and oxygen atoms in total. The van der Waals surface area contributed by atoms with Crippen molar-refractivity contribution in [1.29, 1.82) is 0 Å². The number of aryl methyl sites for hydroxylation is 1. The summed E-state index contributed by atoms with van der Waals surface area (Å²) in [6.45, 7) is 3.09. The topological polar surface area (TPSA) is 111 Å². The molecule has 0 bridgehead atoms. The number of carbonyl (C=O) groups excluding carboxylic acids is 1. The second-order valence-electron chi connectivity index (χ2n) is 6.84. The number of hydrogen-bond acceptors (Lipinski definition) is 7. The number of amides is 1. The largest absolute Gasteiger partial charge is 0.379 e. The molecule has 0 unspecified atom stereocenters. The van der Waals surface area contributed by atoms with E-state index in [2.05, 4.69) is 10.3 Å². The number of hydrogen-bond donors (Lipinski definition) is 1. The molecule has 3 aromatic rings. The fraction of sp³-hybridized carbons (Fsp3) is 0.316. The van der Waals surface area contributed by atoms with E-state index in [0.717, 1.165) is 4.88 Å². The molecule has 158 valence electrons. The van der Waals surface area contributed by atoms with Crippen LogP contribution in [0.1, 0.15) is 4.88 Å². The summed E-state index contributed by atoms with van der Waals surface area (Å²) < 4.78 is 33.1. The lowest BCUT2D eigenvalue weighted by Gasteiger charge is -2.26. The number of benzene rings is 1. The molecule has 0 atom stereocenters. The first kappa shape index (κ1) is 20.7. The summed E-state index contributed by atoms with van der Waals surface area (Å²) >= 11 is 1.43. The standard InChI is InChI=1S/C19H20N4O5S2/c1-13-10-16-18(29-13)20-12-22(19(16)25)11-17(24)21-14-2-4-15(5-3-14)30(26,27)23-6-8-28-9-7-23/h2-5,10,12H,6-9,11H2,1H3,(H,21,24). The van der Waals surface area contributed by atoms with Crippen molar-refractivity contribution >= 4 is 43.2 Å². The molecule has 0 radical (unpaired) electrons. The molecule has 1 saturated heterocycles. The maximum atomic E-state index is 12.6. The van der Waals surface area contributed by atoms with Crippen LogP contribution in [-0.4, -0.2) is 54.5 Å². The molecule has 11 heteroatoms. The van der Waals surface area contributed by atoms with Crippen molar-refractivity contribution in [2.75, 3.05) is 31.6 Å². The van der Waals surface area contributed by atoms with E-state index >= 15 is 0 Å². The Morgan fingerprint density at radius 2 is 1.93 bits per heavy atom. The normalized spacial score (nSPS) is 15.4. The van der Waals surface area contributed by atoms with Crippen LogP contribution in [0.2, 0.25) is 0 Å². The summed E-state index contributed by atoms with van der Waals surface area (Å²) in [7, 11) is -3.59. The summed E-state index contributed by atoms with van der Waals surface area (Å²) in [5.41, 5.74) is 0.167. The number of rotatable bonds is 5. The molecule has 1 aliphatic rings. The SMILES string of the molecule is Cc1cc2c(=O)n(CC(=O)Nc3ccc(S(=O)(=O)N4CCOCC4)cc3)cnc2s1. The molecule has 1 fully saturated rings. The first-order valence-electron chi connectivity index (χ1n) is 9.28. The summed E-state index contributed by atoms with van der Waals surface area (Å²) in [6.07, 6.45) is 1.36. The zero-order valence-corrected chi connectivity index (χ0v) is 17.8. The van der Waals surface area contributed by atoms with Gasteiger partial charge in [0.2, 0.25) is 15.9 Å². The molecule has 4 rings (SSSR count). The van der Waals surface area contributed by atoms with E-state index in [4.69, 9.17) is 4.74 Å². The molecular weight excluding hydrogens is 428 g/mol. The Kier molecular flexibility index (Phi) is 5.69. The smallest absolute Gasteiger partial charge is 0.262 e. The zero-order valence-electron chi connectivity index (χ0n) is 16.2. The molecule has 0 spiro atoms. The molecule has 1 N–H and O–H groups in total. The predicted molar refractivity (Wildman–Crippen MR) is 113 cm³/mol. The van der Waals surface area contributed by atoms with E-state index in [9.17, 15) is 18.0 Å². The van der Waals surface area contributed by atoms with Crippen LogP contribution in [0.5, 0.6) is 0 Å². The van der Waals surface area contributed by atoms with Gasteiger partial charge in [-0.2, -0.15) is 4.31 Å². The van der Waals surface area contributed by atoms with E-state index in [-0.39, 0.29) is 17.0 Å². The van der Waals surface area contributed by atoms with Gasteiger partial charge in [-0.1, -0.05) is 0 Å². The van der Waals surface area contributed by atoms with Crippen LogP contribution >= 0.6 is 11.3 Å². The van der Waals surface area contributed by atoms with E-state index in [1.807, 2.05) is 6.92 Å². The number of carbonyl (C=O) groups is 1. The van der Waals surface area contributed by atoms with Crippen LogP contribution < -0.4 is 10.9 Å². The molecule has 3 heterocycles. The average molecular weight is 449 g/mol. The van der Waals surface area contributed by atoms with Gasteiger partial charge < -0.3 is 10.1 Å². The number of morpholine rings is 1. The summed E-state index contributed by atoms with van der Waals surface area (Å²) in [4.78, 5) is 30.9. The second kappa shape index (κ2) is 8.26. The van der Waals surface area contributed by atoms with Crippen molar-refractivity contribution in [3.8, 4) is 0 Å². The fourth-order valence-electron chi connectivity index (χ4n) is 3.19. The predicted octanol–water partition coefficient (Wildman–Crippen LogP) is 1.43. The highest BCUT2D eigenvalue weighted by atomic mass is 32.2. The first-order chi connectivity index (χ1) is 14.3. The minimum absolute atomic E-state index is 0.154. The molecule has 2 aromatic heterocycles. The minimum Gasteiger partial charge on any atom is -0.379 e. The Morgan fingerprint density at radius 1 is 1.23 bits per heavy atom. The van der Waals surface area contributed by atoms with Crippen molar-refractivity contribution in [2.24, 2.45) is 0 Å². The maximum Gasteiger partial charge on any atom is 0.262 e. The van der Waals surface area contributed by atoms with Gasteiger partial charge in [0, 0.05) is 23.7 Å². The third-order valence-corrected chi connectivity index (χ3v) is 7.57. The van der Waals surface area contributed by atoms with Crippen molar-refractivity contribution in [3.63, 3.8) is 0 Å². The van der Waals surface area contributed by atoms with Crippen LogP contribution in [-0.2, 0) is 26.1 Å². The number of aromatic nitrogens is 2. The monoisotopic (exact) mass is 448 g/mol. The van der Waals surface area contributed by atoms with Gasteiger partial charge in [0.05, 0.1) is 29.8 Å². The first-order valence-corrected chi connectivity index (χ1v) is 11.5. The minimum atomic E-state index is -3.59. The van der Waals surface area contributed by atoms with Crippen LogP contribution in [0.4, 0.5) is 5.69 Å². The summed E-state index contributed by atoms with van der Waals surface area (Å²) in [5, 5.41) is 3.17. The van der Waals surface area contributed by atoms with E-state index in [1.54, 1.807) is 6.07 Å². The highest BCUT2D eigenvalue weighted by Crippen LogP contribution is 2.20. The van der Waals surface area contributed by atoms with Gasteiger partial charge in [-0.25, -0.2) is 13.4 Å². The number of ether oxygens (including phenoxy) is 1. The molecule has 1 amide bonds. The van der Waals surface area contributed by atoms with Crippen molar-refractivity contribution in [2.45, 2.75) is 18.4 Å². The molecule has 1 aliphatic heterocycles. The van der Waals surface area contributed by atoms with Crippen molar-refractivity contribution in [3.05, 3.63) is 51.9 Å². The molecule has 1 aromatic carbocycles. The number of sulfonamides is 1. The Morgan fingerprint density at radius 3 is 2.63 bits per heavy atom.